The molecular weight excluding hydrogens is 391 g/mol. The maximum Gasteiger partial charge on any atom is 0.434 e. The molecule has 0 saturated heterocycles. The van der Waals surface area contributed by atoms with Gasteiger partial charge in [0.05, 0.1) is 5.01 Å². The number of hydrogen-bond donors (Lipinski definition) is 2. The number of nitrogens with zero attached hydrogens (tertiary/aromatic N) is 5. The highest BCUT2D eigenvalue weighted by molar-refractivity contribution is 7.09. The first-order valence-electron chi connectivity index (χ1n) is 8.37. The van der Waals surface area contributed by atoms with E-state index in [1.54, 1.807) is 24.1 Å². The fourth-order valence-electron chi connectivity index (χ4n) is 2.35. The van der Waals surface area contributed by atoms with Gasteiger partial charge in [-0.25, -0.2) is 14.6 Å². The van der Waals surface area contributed by atoms with Crippen LogP contribution in [0.4, 0.5) is 13.2 Å². The third-order valence-corrected chi connectivity index (χ3v) is 4.61. The van der Waals surface area contributed by atoms with E-state index in [1.165, 1.54) is 0 Å². The van der Waals surface area contributed by atoms with E-state index >= 15 is 0 Å². The Morgan fingerprint density at radius 2 is 2.14 bits per heavy atom. The summed E-state index contributed by atoms with van der Waals surface area (Å²) in [5, 5.41) is 11.8. The molecule has 7 nitrogen and oxygen atoms in total. The molecule has 28 heavy (non-hydrogen) atoms. The zero-order chi connectivity index (χ0) is 20.0. The molecule has 0 atom stereocenters. The fourth-order valence-corrected chi connectivity index (χ4v) is 3.16. The van der Waals surface area contributed by atoms with Crippen LogP contribution < -0.4 is 10.6 Å². The van der Waals surface area contributed by atoms with Crippen LogP contribution in [0.3, 0.4) is 0 Å². The zero-order valence-electron chi connectivity index (χ0n) is 14.9. The van der Waals surface area contributed by atoms with Gasteiger partial charge >= 0.3 is 6.18 Å². The number of thiazole rings is 1. The van der Waals surface area contributed by atoms with Gasteiger partial charge in [0, 0.05) is 50.5 Å². The lowest BCUT2D eigenvalue weighted by molar-refractivity contribution is -0.140. The van der Waals surface area contributed by atoms with Gasteiger partial charge in [-0.2, -0.15) is 18.3 Å². The Kier molecular flexibility index (Phi) is 6.24. The molecule has 0 aromatic carbocycles. The molecule has 0 aliphatic carbocycles. The van der Waals surface area contributed by atoms with Crippen LogP contribution in [-0.2, 0) is 19.1 Å². The van der Waals surface area contributed by atoms with E-state index in [9.17, 15) is 13.2 Å². The van der Waals surface area contributed by atoms with Gasteiger partial charge in [-0.15, -0.1) is 11.3 Å². The minimum absolute atomic E-state index is 0.375. The van der Waals surface area contributed by atoms with E-state index in [0.29, 0.717) is 36.3 Å². The molecule has 3 heterocycles. The van der Waals surface area contributed by atoms with E-state index < -0.39 is 11.9 Å². The first-order valence-corrected chi connectivity index (χ1v) is 9.25. The lowest BCUT2D eigenvalue weighted by Gasteiger charge is -2.12. The number of aliphatic imine (C=N–C) groups is 1. The highest BCUT2D eigenvalue weighted by Crippen LogP contribution is 2.29. The molecule has 0 aliphatic rings. The molecule has 3 rings (SSSR count). The molecular formula is C17H18F3N7S. The predicted octanol–water partition coefficient (Wildman–Crippen LogP) is 2.65. The lowest BCUT2D eigenvalue weighted by atomic mass is 10.2. The molecule has 0 radical (unpaired) electrons. The quantitative estimate of drug-likeness (QED) is 0.483. The van der Waals surface area contributed by atoms with Crippen molar-refractivity contribution in [2.75, 3.05) is 13.6 Å². The summed E-state index contributed by atoms with van der Waals surface area (Å²) in [7, 11) is 1.63. The van der Waals surface area contributed by atoms with Crippen LogP contribution in [0.25, 0.3) is 5.82 Å². The minimum Gasteiger partial charge on any atom is -0.356 e. The summed E-state index contributed by atoms with van der Waals surface area (Å²) in [6.45, 7) is 0.922. The van der Waals surface area contributed by atoms with Crippen molar-refractivity contribution < 1.29 is 13.2 Å². The number of guanidine groups is 1. The summed E-state index contributed by atoms with van der Waals surface area (Å²) < 4.78 is 39.4. The standard InChI is InChI=1S/C17H18F3N7S/c1-21-16(23-7-4-15-26-13(11-28-15)17(18,19)20)24-10-12-3-6-22-14(9-12)27-8-2-5-25-27/h2-3,5-6,8-9,11H,4,7,10H2,1H3,(H2,21,23,24). The van der Waals surface area contributed by atoms with Crippen molar-refractivity contribution in [3.63, 3.8) is 0 Å². The summed E-state index contributed by atoms with van der Waals surface area (Å²) >= 11 is 1.000. The van der Waals surface area contributed by atoms with Crippen LogP contribution in [-0.4, -0.2) is 39.3 Å². The van der Waals surface area contributed by atoms with E-state index in [-0.39, 0.29) is 0 Å². The van der Waals surface area contributed by atoms with Crippen molar-refractivity contribution in [1.29, 1.82) is 0 Å². The summed E-state index contributed by atoms with van der Waals surface area (Å²) in [5.74, 6) is 1.25. The van der Waals surface area contributed by atoms with Crippen molar-refractivity contribution >= 4 is 17.3 Å². The molecule has 0 bridgehead atoms. The molecule has 3 aromatic rings. The van der Waals surface area contributed by atoms with Crippen molar-refractivity contribution in [2.45, 2.75) is 19.1 Å². The third-order valence-electron chi connectivity index (χ3n) is 3.71. The average Bonchev–Trinajstić information content (AvgIpc) is 3.36. The highest BCUT2D eigenvalue weighted by Gasteiger charge is 2.33. The van der Waals surface area contributed by atoms with Gasteiger partial charge in [-0.05, 0) is 23.8 Å². The molecule has 0 amide bonds. The van der Waals surface area contributed by atoms with Crippen LogP contribution in [0.15, 0.2) is 47.2 Å². The Morgan fingerprint density at radius 1 is 1.29 bits per heavy atom. The van der Waals surface area contributed by atoms with Gasteiger partial charge in [-0.3, -0.25) is 4.99 Å². The number of pyridine rings is 1. The van der Waals surface area contributed by atoms with Gasteiger partial charge in [0.25, 0.3) is 0 Å². The molecule has 0 saturated carbocycles. The normalized spacial score (nSPS) is 12.2. The maximum absolute atomic E-state index is 12.6. The van der Waals surface area contributed by atoms with Crippen molar-refractivity contribution in [2.24, 2.45) is 4.99 Å². The second-order valence-corrected chi connectivity index (χ2v) is 6.64. The molecule has 0 fully saturated rings. The highest BCUT2D eigenvalue weighted by atomic mass is 32.1. The monoisotopic (exact) mass is 409 g/mol. The summed E-state index contributed by atoms with van der Waals surface area (Å²) in [6, 6.07) is 5.60. The fraction of sp³-hybridized carbons (Fsp3) is 0.294. The number of rotatable bonds is 6. The first-order chi connectivity index (χ1) is 13.5. The van der Waals surface area contributed by atoms with Gasteiger partial charge in [-0.1, -0.05) is 0 Å². The molecule has 11 heteroatoms. The summed E-state index contributed by atoms with van der Waals surface area (Å²) in [5.41, 5.74) is 0.138. The Labute approximate surface area is 163 Å². The Hall–Kier alpha value is -2.95. The molecule has 0 unspecified atom stereocenters. The van der Waals surface area contributed by atoms with Crippen LogP contribution in [0.2, 0.25) is 0 Å². The van der Waals surface area contributed by atoms with E-state index in [1.807, 2.05) is 24.4 Å². The topological polar surface area (TPSA) is 80.0 Å². The van der Waals surface area contributed by atoms with Crippen LogP contribution in [0.5, 0.6) is 0 Å². The number of halogens is 3. The Bertz CT molecular complexity index is 919. The van der Waals surface area contributed by atoms with E-state index in [2.05, 4.69) is 30.7 Å². The van der Waals surface area contributed by atoms with Crippen molar-refractivity contribution in [3.05, 3.63) is 58.4 Å². The largest absolute Gasteiger partial charge is 0.434 e. The number of aromatic nitrogens is 4. The van der Waals surface area contributed by atoms with Crippen molar-refractivity contribution in [1.82, 2.24) is 30.4 Å². The second-order valence-electron chi connectivity index (χ2n) is 5.70. The molecule has 0 spiro atoms. The molecule has 148 valence electrons. The summed E-state index contributed by atoms with van der Waals surface area (Å²) in [4.78, 5) is 12.0. The van der Waals surface area contributed by atoms with Gasteiger partial charge in [0.15, 0.2) is 17.5 Å². The Balaban J connectivity index is 1.49. The minimum atomic E-state index is -4.40. The zero-order valence-corrected chi connectivity index (χ0v) is 15.8. The number of hydrogen-bond acceptors (Lipinski definition) is 5. The van der Waals surface area contributed by atoms with Gasteiger partial charge in [0.1, 0.15) is 0 Å². The summed E-state index contributed by atoms with van der Waals surface area (Å²) in [6.07, 6.45) is 1.16. The van der Waals surface area contributed by atoms with Crippen LogP contribution in [0, 0.1) is 0 Å². The maximum atomic E-state index is 12.6. The van der Waals surface area contributed by atoms with Gasteiger partial charge < -0.3 is 10.6 Å². The Morgan fingerprint density at radius 3 is 2.82 bits per heavy atom. The van der Waals surface area contributed by atoms with Crippen LogP contribution >= 0.6 is 11.3 Å². The van der Waals surface area contributed by atoms with Crippen molar-refractivity contribution in [3.8, 4) is 5.82 Å². The number of alkyl halides is 3. The molecule has 3 aromatic heterocycles. The SMILES string of the molecule is CN=C(NCCc1nc(C(F)(F)F)cs1)NCc1ccnc(-n2cccn2)c1. The number of nitrogens with one attached hydrogen (secondary N) is 2. The smallest absolute Gasteiger partial charge is 0.356 e. The molecule has 2 N–H and O–H groups in total. The lowest BCUT2D eigenvalue weighted by Crippen LogP contribution is -2.37. The second kappa shape index (κ2) is 8.83. The first kappa shape index (κ1) is 19.8. The third kappa shape index (κ3) is 5.28. The predicted molar refractivity (Wildman–Crippen MR) is 100 cm³/mol. The van der Waals surface area contributed by atoms with Gasteiger partial charge in [0.2, 0.25) is 0 Å². The average molecular weight is 409 g/mol. The van der Waals surface area contributed by atoms with E-state index in [4.69, 9.17) is 0 Å². The molecule has 0 aliphatic heterocycles. The van der Waals surface area contributed by atoms with Crippen LogP contribution in [0.1, 0.15) is 16.3 Å². The van der Waals surface area contributed by atoms with E-state index in [0.717, 1.165) is 22.3 Å².